The molecule has 0 fully saturated rings. The van der Waals surface area contributed by atoms with Crippen LogP contribution in [0.1, 0.15) is 27.5 Å². The summed E-state index contributed by atoms with van der Waals surface area (Å²) in [7, 11) is 2.13. The lowest BCUT2D eigenvalue weighted by atomic mass is 9.84. The van der Waals surface area contributed by atoms with Gasteiger partial charge in [-0.25, -0.2) is 4.98 Å². The first-order valence-electron chi connectivity index (χ1n) is 8.21. The quantitative estimate of drug-likeness (QED) is 0.553. The molecule has 1 atom stereocenters. The van der Waals surface area contributed by atoms with E-state index >= 15 is 0 Å². The molecule has 0 aliphatic carbocycles. The van der Waals surface area contributed by atoms with Crippen LogP contribution in [0, 0.1) is 12.9 Å². The van der Waals surface area contributed by atoms with Crippen molar-refractivity contribution in [1.29, 1.82) is 0 Å². The summed E-state index contributed by atoms with van der Waals surface area (Å²) in [5.41, 5.74) is 5.16. The van der Waals surface area contributed by atoms with E-state index in [1.807, 2.05) is 12.1 Å². The van der Waals surface area contributed by atoms with Crippen molar-refractivity contribution in [3.8, 4) is 11.1 Å². The van der Waals surface area contributed by atoms with Crippen LogP contribution in [0.25, 0.3) is 11.1 Å². The van der Waals surface area contributed by atoms with Crippen LogP contribution in [0.3, 0.4) is 0 Å². The molecular weight excluding hydrogens is 355 g/mol. The number of likely N-dealkylation sites (N-methyl/N-ethyl adjacent to an activating group) is 1. The van der Waals surface area contributed by atoms with Crippen LogP contribution in [-0.2, 0) is 6.54 Å². The van der Waals surface area contributed by atoms with Gasteiger partial charge in [-0.2, -0.15) is 4.39 Å². The molecule has 0 N–H and O–H groups in total. The minimum absolute atomic E-state index is 0.249. The first kappa shape index (κ1) is 16.7. The standard InChI is InChI=1S/C20H18ClFN2S/c1-12-7-13(9-23-20(12)22)14-5-3-4-6-15(14)17-10-24(2)11-18-16(17)8-19(21)25-18/h3-9,17H,10-11H2,1-2H3. The zero-order valence-corrected chi connectivity index (χ0v) is 15.7. The van der Waals surface area contributed by atoms with E-state index < -0.39 is 5.95 Å². The Bertz CT molecular complexity index is 937. The summed E-state index contributed by atoms with van der Waals surface area (Å²) in [4.78, 5) is 7.56. The molecule has 0 bridgehead atoms. The largest absolute Gasteiger partial charge is 0.300 e. The molecule has 0 spiro atoms. The SMILES string of the molecule is Cc1cc(-c2ccccc2C2CN(C)Cc3sc(Cl)cc32)cnc1F. The fourth-order valence-corrected chi connectivity index (χ4v) is 5.00. The highest BCUT2D eigenvalue weighted by atomic mass is 35.5. The van der Waals surface area contributed by atoms with E-state index in [1.165, 1.54) is 16.0 Å². The summed E-state index contributed by atoms with van der Waals surface area (Å²) in [5.74, 6) is -0.162. The van der Waals surface area contributed by atoms with Gasteiger partial charge in [-0.1, -0.05) is 35.9 Å². The average molecular weight is 373 g/mol. The van der Waals surface area contributed by atoms with Crippen molar-refractivity contribution in [2.45, 2.75) is 19.4 Å². The van der Waals surface area contributed by atoms with Crippen LogP contribution in [0.4, 0.5) is 4.39 Å². The number of halogens is 2. The van der Waals surface area contributed by atoms with E-state index in [9.17, 15) is 4.39 Å². The van der Waals surface area contributed by atoms with Crippen LogP contribution in [-0.4, -0.2) is 23.5 Å². The first-order valence-corrected chi connectivity index (χ1v) is 9.40. The molecule has 2 nitrogen and oxygen atoms in total. The Morgan fingerprint density at radius 3 is 2.84 bits per heavy atom. The van der Waals surface area contributed by atoms with Crippen LogP contribution >= 0.6 is 22.9 Å². The van der Waals surface area contributed by atoms with Gasteiger partial charge in [0.05, 0.1) is 4.34 Å². The lowest BCUT2D eigenvalue weighted by Crippen LogP contribution is -2.30. The third-order valence-corrected chi connectivity index (χ3v) is 6.02. The molecule has 1 aliphatic rings. The summed E-state index contributed by atoms with van der Waals surface area (Å²) < 4.78 is 14.4. The molecule has 128 valence electrons. The molecule has 25 heavy (non-hydrogen) atoms. The number of nitrogens with zero attached hydrogens (tertiary/aromatic N) is 2. The van der Waals surface area contributed by atoms with Crippen molar-refractivity contribution in [1.82, 2.24) is 9.88 Å². The number of benzene rings is 1. The molecule has 0 saturated heterocycles. The fourth-order valence-electron chi connectivity index (χ4n) is 3.58. The zero-order chi connectivity index (χ0) is 17.6. The smallest absolute Gasteiger partial charge is 0.215 e. The monoisotopic (exact) mass is 372 g/mol. The maximum atomic E-state index is 13.6. The summed E-state index contributed by atoms with van der Waals surface area (Å²) >= 11 is 7.95. The van der Waals surface area contributed by atoms with Crippen LogP contribution in [0.5, 0.6) is 0 Å². The summed E-state index contributed by atoms with van der Waals surface area (Å²) in [5, 5.41) is 0. The van der Waals surface area contributed by atoms with Crippen LogP contribution in [0.15, 0.2) is 42.6 Å². The van der Waals surface area contributed by atoms with Crippen molar-refractivity contribution in [2.75, 3.05) is 13.6 Å². The number of hydrogen-bond donors (Lipinski definition) is 0. The summed E-state index contributed by atoms with van der Waals surface area (Å²) in [6.45, 7) is 3.62. The van der Waals surface area contributed by atoms with Gasteiger partial charge in [0.1, 0.15) is 0 Å². The van der Waals surface area contributed by atoms with Gasteiger partial charge in [-0.3, -0.25) is 0 Å². The Balaban J connectivity index is 1.85. The molecule has 5 heteroatoms. The third kappa shape index (κ3) is 3.10. The second-order valence-electron chi connectivity index (χ2n) is 6.60. The second-order valence-corrected chi connectivity index (χ2v) is 8.37. The zero-order valence-electron chi connectivity index (χ0n) is 14.1. The van der Waals surface area contributed by atoms with Gasteiger partial charge in [0, 0.05) is 41.2 Å². The normalized spacial score (nSPS) is 17.5. The van der Waals surface area contributed by atoms with E-state index in [2.05, 4.69) is 41.2 Å². The van der Waals surface area contributed by atoms with Crippen LogP contribution < -0.4 is 0 Å². The maximum Gasteiger partial charge on any atom is 0.215 e. The van der Waals surface area contributed by atoms with Gasteiger partial charge < -0.3 is 4.90 Å². The van der Waals surface area contributed by atoms with Crippen molar-refractivity contribution >= 4 is 22.9 Å². The molecule has 3 aromatic rings. The number of rotatable bonds is 2. The second kappa shape index (κ2) is 6.52. The van der Waals surface area contributed by atoms with Crippen molar-refractivity contribution in [2.24, 2.45) is 0 Å². The Morgan fingerprint density at radius 1 is 1.24 bits per heavy atom. The molecule has 3 heterocycles. The predicted molar refractivity (Wildman–Crippen MR) is 102 cm³/mol. The molecule has 1 unspecified atom stereocenters. The maximum absolute atomic E-state index is 13.6. The van der Waals surface area contributed by atoms with Gasteiger partial charge in [0.2, 0.25) is 5.95 Å². The van der Waals surface area contributed by atoms with Crippen molar-refractivity contribution in [3.05, 3.63) is 74.4 Å². The molecule has 2 aromatic heterocycles. The predicted octanol–water partition coefficient (Wildman–Crippen LogP) is 5.49. The van der Waals surface area contributed by atoms with Gasteiger partial charge in [0.15, 0.2) is 0 Å². The van der Waals surface area contributed by atoms with Crippen molar-refractivity contribution in [3.63, 3.8) is 0 Å². The Labute approximate surface area is 155 Å². The van der Waals surface area contributed by atoms with E-state index in [4.69, 9.17) is 11.6 Å². The van der Waals surface area contributed by atoms with Crippen LogP contribution in [0.2, 0.25) is 4.34 Å². The lowest BCUT2D eigenvalue weighted by Gasteiger charge is -2.31. The minimum Gasteiger partial charge on any atom is -0.300 e. The molecule has 0 saturated carbocycles. The van der Waals surface area contributed by atoms with E-state index in [-0.39, 0.29) is 5.92 Å². The Kier molecular flexibility index (Phi) is 4.36. The van der Waals surface area contributed by atoms with Crippen molar-refractivity contribution < 1.29 is 4.39 Å². The highest BCUT2D eigenvalue weighted by Crippen LogP contribution is 2.42. The topological polar surface area (TPSA) is 16.1 Å². The number of thiophene rings is 1. The molecule has 1 aliphatic heterocycles. The average Bonchev–Trinajstić information content (AvgIpc) is 2.96. The third-order valence-electron chi connectivity index (χ3n) is 4.76. The Morgan fingerprint density at radius 2 is 2.04 bits per heavy atom. The highest BCUT2D eigenvalue weighted by molar-refractivity contribution is 7.16. The van der Waals surface area contributed by atoms with Gasteiger partial charge in [0.25, 0.3) is 0 Å². The van der Waals surface area contributed by atoms with Gasteiger partial charge in [-0.15, -0.1) is 11.3 Å². The van der Waals surface area contributed by atoms with E-state index in [0.29, 0.717) is 5.56 Å². The van der Waals surface area contributed by atoms with E-state index in [0.717, 1.165) is 28.6 Å². The fraction of sp³-hybridized carbons (Fsp3) is 0.250. The minimum atomic E-state index is -0.412. The molecule has 1 aromatic carbocycles. The molecule has 0 radical (unpaired) electrons. The molecular formula is C20H18ClFN2S. The number of pyridine rings is 1. The Hall–Kier alpha value is -1.75. The van der Waals surface area contributed by atoms with E-state index in [1.54, 1.807) is 24.5 Å². The highest BCUT2D eigenvalue weighted by Gasteiger charge is 2.28. The molecule has 0 amide bonds. The molecule has 4 rings (SSSR count). The summed E-state index contributed by atoms with van der Waals surface area (Å²) in [6, 6.07) is 12.3. The number of aromatic nitrogens is 1. The number of fused-ring (bicyclic) bond motifs is 1. The number of hydrogen-bond acceptors (Lipinski definition) is 3. The lowest BCUT2D eigenvalue weighted by molar-refractivity contribution is 0.299. The van der Waals surface area contributed by atoms with Gasteiger partial charge in [-0.05, 0) is 42.8 Å². The van der Waals surface area contributed by atoms with Gasteiger partial charge >= 0.3 is 0 Å². The first-order chi connectivity index (χ1) is 12.0. The number of aryl methyl sites for hydroxylation is 1. The summed E-state index contributed by atoms with van der Waals surface area (Å²) in [6.07, 6.45) is 1.62.